The predicted octanol–water partition coefficient (Wildman–Crippen LogP) is 3.78. The summed E-state index contributed by atoms with van der Waals surface area (Å²) in [4.78, 5) is 32.2. The second-order valence-corrected chi connectivity index (χ2v) is 9.03. The van der Waals surface area contributed by atoms with Crippen LogP contribution < -0.4 is 5.32 Å². The summed E-state index contributed by atoms with van der Waals surface area (Å²) >= 11 is 1.50. The van der Waals surface area contributed by atoms with Gasteiger partial charge in [0.05, 0.1) is 11.1 Å². The number of aryl methyl sites for hydroxylation is 2. The predicted molar refractivity (Wildman–Crippen MR) is 113 cm³/mol. The third-order valence-corrected chi connectivity index (χ3v) is 6.83. The van der Waals surface area contributed by atoms with E-state index in [0.717, 1.165) is 36.3 Å². The van der Waals surface area contributed by atoms with Gasteiger partial charge in [0, 0.05) is 28.7 Å². The minimum Gasteiger partial charge on any atom is -0.393 e. The number of hydrogen-bond acceptors (Lipinski definition) is 5. The summed E-state index contributed by atoms with van der Waals surface area (Å²) < 4.78 is 0. The van der Waals surface area contributed by atoms with E-state index in [1.807, 2.05) is 24.0 Å². The Hall–Kier alpha value is -2.25. The number of anilines is 1. The van der Waals surface area contributed by atoms with Crippen molar-refractivity contribution in [3.63, 3.8) is 0 Å². The van der Waals surface area contributed by atoms with Crippen LogP contribution in [0.3, 0.4) is 0 Å². The topological polar surface area (TPSA) is 82.5 Å². The molecule has 2 saturated heterocycles. The summed E-state index contributed by atoms with van der Waals surface area (Å²) in [6.07, 6.45) is 4.77. The number of nitrogens with zero attached hydrogens (tertiary/aromatic N) is 2. The molecule has 2 amide bonds. The van der Waals surface area contributed by atoms with Crippen LogP contribution in [0.25, 0.3) is 0 Å². The van der Waals surface area contributed by atoms with Gasteiger partial charge in [0.25, 0.3) is 11.8 Å². The van der Waals surface area contributed by atoms with Gasteiger partial charge in [0.15, 0.2) is 0 Å². The zero-order chi connectivity index (χ0) is 20.5. The molecule has 3 heterocycles. The number of aliphatic hydroxyl groups is 1. The van der Waals surface area contributed by atoms with Gasteiger partial charge in [-0.2, -0.15) is 0 Å². The number of piperidine rings is 1. The van der Waals surface area contributed by atoms with Crippen LogP contribution in [0, 0.1) is 6.92 Å². The maximum atomic E-state index is 13.2. The number of thiazole rings is 1. The molecule has 1 aromatic heterocycles. The van der Waals surface area contributed by atoms with E-state index in [4.69, 9.17) is 0 Å². The van der Waals surface area contributed by atoms with Gasteiger partial charge in [-0.15, -0.1) is 11.3 Å². The first kappa shape index (κ1) is 20.0. The number of carbonyl (C=O) groups excluding carboxylic acids is 2. The van der Waals surface area contributed by atoms with Crippen LogP contribution in [0.15, 0.2) is 23.6 Å². The van der Waals surface area contributed by atoms with E-state index in [2.05, 4.69) is 17.2 Å². The number of hydrogen-bond donors (Lipinski definition) is 2. The van der Waals surface area contributed by atoms with Crippen LogP contribution in [0.4, 0.5) is 5.69 Å². The molecule has 2 bridgehead atoms. The molecule has 1 aromatic carbocycles. The van der Waals surface area contributed by atoms with Gasteiger partial charge in [0.2, 0.25) is 0 Å². The molecule has 2 fully saturated rings. The largest absolute Gasteiger partial charge is 0.393 e. The maximum absolute atomic E-state index is 13.2. The van der Waals surface area contributed by atoms with Crippen molar-refractivity contribution in [3.8, 4) is 0 Å². The average molecular weight is 414 g/mol. The molecule has 2 aromatic rings. The quantitative estimate of drug-likeness (QED) is 0.781. The van der Waals surface area contributed by atoms with E-state index < -0.39 is 0 Å². The van der Waals surface area contributed by atoms with Crippen molar-refractivity contribution in [1.29, 1.82) is 0 Å². The fraction of sp³-hybridized carbons (Fsp3) is 0.500. The number of carbonyl (C=O) groups is 2. The lowest BCUT2D eigenvalue weighted by atomic mass is 9.98. The molecular weight excluding hydrogens is 386 g/mol. The molecule has 0 aliphatic carbocycles. The van der Waals surface area contributed by atoms with Gasteiger partial charge in [-0.05, 0) is 63.1 Å². The molecule has 0 spiro atoms. The van der Waals surface area contributed by atoms with Gasteiger partial charge in [-0.1, -0.05) is 13.0 Å². The van der Waals surface area contributed by atoms with Crippen molar-refractivity contribution in [3.05, 3.63) is 45.4 Å². The van der Waals surface area contributed by atoms with Gasteiger partial charge < -0.3 is 15.3 Å². The van der Waals surface area contributed by atoms with Gasteiger partial charge in [-0.3, -0.25) is 9.59 Å². The SMILES string of the molecule is CCCc1nc(C(=O)Nc2cc(C(=O)N3[C@@H]4CC[C@H]3CC(O)C4)ccc2C)cs1. The number of benzene rings is 1. The highest BCUT2D eigenvalue weighted by Gasteiger charge is 2.43. The molecular formula is C22H27N3O3S. The molecule has 0 radical (unpaired) electrons. The van der Waals surface area contributed by atoms with Crippen molar-refractivity contribution in [1.82, 2.24) is 9.88 Å². The van der Waals surface area contributed by atoms with Crippen LogP contribution in [0.1, 0.15) is 70.4 Å². The minimum absolute atomic E-state index is 0.0150. The molecule has 7 heteroatoms. The fourth-order valence-electron chi connectivity index (χ4n) is 4.45. The minimum atomic E-state index is -0.305. The Labute approximate surface area is 175 Å². The Morgan fingerprint density at radius 3 is 2.69 bits per heavy atom. The molecule has 2 aliphatic heterocycles. The van der Waals surface area contributed by atoms with Crippen molar-refractivity contribution in [2.75, 3.05) is 5.32 Å². The van der Waals surface area contributed by atoms with Crippen molar-refractivity contribution in [2.24, 2.45) is 0 Å². The van der Waals surface area contributed by atoms with E-state index in [-0.39, 0.29) is 30.0 Å². The zero-order valence-corrected chi connectivity index (χ0v) is 17.7. The normalized spacial score (nSPS) is 23.3. The number of amides is 2. The Bertz CT molecular complexity index is 912. The number of aliphatic hydroxyl groups excluding tert-OH is 1. The van der Waals surface area contributed by atoms with Crippen LogP contribution in [0.5, 0.6) is 0 Å². The number of rotatable bonds is 5. The third kappa shape index (κ3) is 4.07. The molecule has 0 saturated carbocycles. The van der Waals surface area contributed by atoms with E-state index in [0.29, 0.717) is 29.8 Å². The first-order valence-electron chi connectivity index (χ1n) is 10.3. The van der Waals surface area contributed by atoms with E-state index in [1.54, 1.807) is 11.4 Å². The van der Waals surface area contributed by atoms with Crippen LogP contribution in [0.2, 0.25) is 0 Å². The Balaban J connectivity index is 1.51. The molecule has 1 unspecified atom stereocenters. The first-order valence-corrected chi connectivity index (χ1v) is 11.2. The molecule has 6 nitrogen and oxygen atoms in total. The Morgan fingerprint density at radius 1 is 1.28 bits per heavy atom. The highest BCUT2D eigenvalue weighted by molar-refractivity contribution is 7.09. The molecule has 29 heavy (non-hydrogen) atoms. The number of aromatic nitrogens is 1. The summed E-state index contributed by atoms with van der Waals surface area (Å²) in [5, 5.41) is 15.7. The fourth-order valence-corrected chi connectivity index (χ4v) is 5.33. The Morgan fingerprint density at radius 2 is 2.00 bits per heavy atom. The zero-order valence-electron chi connectivity index (χ0n) is 16.9. The maximum Gasteiger partial charge on any atom is 0.275 e. The number of fused-ring (bicyclic) bond motifs is 2. The van der Waals surface area contributed by atoms with E-state index in [1.165, 1.54) is 11.3 Å². The summed E-state index contributed by atoms with van der Waals surface area (Å²) in [5.74, 6) is -0.267. The lowest BCUT2D eigenvalue weighted by Crippen LogP contribution is -2.48. The Kier molecular flexibility index (Phi) is 5.69. The summed E-state index contributed by atoms with van der Waals surface area (Å²) in [5.41, 5.74) is 2.52. The second kappa shape index (κ2) is 8.24. The van der Waals surface area contributed by atoms with Gasteiger partial charge in [-0.25, -0.2) is 4.98 Å². The standard InChI is InChI=1S/C22H27N3O3S/c1-3-4-20-23-19(12-29-20)21(27)24-18-9-14(6-5-13(18)2)22(28)25-15-7-8-16(25)11-17(26)10-15/h5-6,9,12,15-17,26H,3-4,7-8,10-11H2,1-2H3,(H,24,27)/t15-,16+,17?. The third-order valence-electron chi connectivity index (χ3n) is 5.92. The molecule has 2 N–H and O–H groups in total. The average Bonchev–Trinajstić information content (AvgIpc) is 3.26. The van der Waals surface area contributed by atoms with E-state index in [9.17, 15) is 14.7 Å². The highest BCUT2D eigenvalue weighted by Crippen LogP contribution is 2.37. The first-order chi connectivity index (χ1) is 14.0. The smallest absolute Gasteiger partial charge is 0.275 e. The molecule has 2 aliphatic rings. The monoisotopic (exact) mass is 413 g/mol. The van der Waals surface area contributed by atoms with Gasteiger partial charge >= 0.3 is 0 Å². The van der Waals surface area contributed by atoms with Crippen LogP contribution in [-0.4, -0.2) is 45.0 Å². The highest BCUT2D eigenvalue weighted by atomic mass is 32.1. The lowest BCUT2D eigenvalue weighted by Gasteiger charge is -2.37. The van der Waals surface area contributed by atoms with Crippen LogP contribution >= 0.6 is 11.3 Å². The van der Waals surface area contributed by atoms with E-state index >= 15 is 0 Å². The lowest BCUT2D eigenvalue weighted by molar-refractivity contribution is 0.0287. The van der Waals surface area contributed by atoms with Crippen LogP contribution in [-0.2, 0) is 6.42 Å². The van der Waals surface area contributed by atoms with Crippen molar-refractivity contribution < 1.29 is 14.7 Å². The molecule has 3 atom stereocenters. The van der Waals surface area contributed by atoms with Gasteiger partial charge in [0.1, 0.15) is 5.69 Å². The summed E-state index contributed by atoms with van der Waals surface area (Å²) in [6, 6.07) is 5.68. The summed E-state index contributed by atoms with van der Waals surface area (Å²) in [7, 11) is 0. The summed E-state index contributed by atoms with van der Waals surface area (Å²) in [6.45, 7) is 4.00. The molecule has 154 valence electrons. The molecule has 4 rings (SSSR count). The number of nitrogens with one attached hydrogen (secondary N) is 1. The van der Waals surface area contributed by atoms with Crippen molar-refractivity contribution in [2.45, 2.75) is 70.6 Å². The second-order valence-electron chi connectivity index (χ2n) is 8.08. The van der Waals surface area contributed by atoms with Crippen molar-refractivity contribution >= 4 is 28.8 Å².